The van der Waals surface area contributed by atoms with E-state index in [-0.39, 0.29) is 10.8 Å². The van der Waals surface area contributed by atoms with Gasteiger partial charge in [-0.1, -0.05) is 0 Å². The number of aromatic amines is 1. The van der Waals surface area contributed by atoms with Gasteiger partial charge in [-0.05, 0) is 46.2 Å². The van der Waals surface area contributed by atoms with Crippen LogP contribution in [-0.4, -0.2) is 19.9 Å². The molecule has 17 heavy (non-hydrogen) atoms. The molecule has 2 aromatic heterocycles. The lowest BCUT2D eigenvalue weighted by atomic mass is 10.5. The molecule has 0 saturated heterocycles. The zero-order valence-electron chi connectivity index (χ0n) is 8.57. The highest BCUT2D eigenvalue weighted by Gasteiger charge is 2.08. The van der Waals surface area contributed by atoms with Crippen LogP contribution in [0.5, 0.6) is 0 Å². The highest BCUT2D eigenvalue weighted by Crippen LogP contribution is 2.29. The Kier molecular flexibility index (Phi) is 3.80. The number of H-pyrrole nitrogens is 1. The summed E-state index contributed by atoms with van der Waals surface area (Å²) >= 11 is 10.2. The summed E-state index contributed by atoms with van der Waals surface area (Å²) in [4.78, 5) is 25.9. The molecule has 2 aromatic rings. The second-order valence-electron chi connectivity index (χ2n) is 3.09. The van der Waals surface area contributed by atoms with Gasteiger partial charge in [-0.2, -0.15) is 0 Å². The fourth-order valence-corrected chi connectivity index (χ4v) is 2.52. The number of halogens is 2. The molecule has 0 aliphatic rings. The van der Waals surface area contributed by atoms with Crippen molar-refractivity contribution in [3.8, 4) is 0 Å². The molecule has 8 heteroatoms. The van der Waals surface area contributed by atoms with E-state index in [4.69, 9.17) is 11.6 Å². The third-order valence-electron chi connectivity index (χ3n) is 1.72. The molecular formula is C9H6BrClN4OS. The minimum Gasteiger partial charge on any atom is -0.301 e. The van der Waals surface area contributed by atoms with Crippen LogP contribution in [0.25, 0.3) is 0 Å². The Labute approximate surface area is 114 Å². The van der Waals surface area contributed by atoms with Gasteiger partial charge in [0.05, 0.1) is 4.47 Å². The third-order valence-corrected chi connectivity index (χ3v) is 3.64. The molecular weight excluding hydrogens is 328 g/mol. The normalized spacial score (nSPS) is 10.5. The van der Waals surface area contributed by atoms with Crippen LogP contribution in [0.3, 0.4) is 0 Å². The second-order valence-corrected chi connectivity index (χ2v) is 5.26. The lowest BCUT2D eigenvalue weighted by Gasteiger charge is -2.02. The maximum absolute atomic E-state index is 11.3. The summed E-state index contributed by atoms with van der Waals surface area (Å²) < 4.78 is 0.691. The molecule has 5 nitrogen and oxygen atoms in total. The quantitative estimate of drug-likeness (QED) is 0.675. The van der Waals surface area contributed by atoms with Gasteiger partial charge >= 0.3 is 0 Å². The minimum absolute atomic E-state index is 0.144. The van der Waals surface area contributed by atoms with E-state index in [0.29, 0.717) is 20.3 Å². The highest BCUT2D eigenvalue weighted by atomic mass is 79.9. The van der Waals surface area contributed by atoms with Crippen molar-refractivity contribution in [2.75, 3.05) is 0 Å². The van der Waals surface area contributed by atoms with Gasteiger partial charge in [-0.3, -0.25) is 4.79 Å². The van der Waals surface area contributed by atoms with Crippen molar-refractivity contribution >= 4 is 39.3 Å². The van der Waals surface area contributed by atoms with Gasteiger partial charge in [0, 0.05) is 18.0 Å². The first-order valence-electron chi connectivity index (χ1n) is 4.48. The summed E-state index contributed by atoms with van der Waals surface area (Å²) in [5, 5.41) is 1.20. The van der Waals surface area contributed by atoms with Gasteiger partial charge in [0.1, 0.15) is 5.03 Å². The molecule has 0 aliphatic heterocycles. The summed E-state index contributed by atoms with van der Waals surface area (Å²) in [7, 11) is 0. The van der Waals surface area contributed by atoms with Crippen LogP contribution >= 0.6 is 39.3 Å². The Morgan fingerprint density at radius 1 is 1.47 bits per heavy atom. The van der Waals surface area contributed by atoms with E-state index in [2.05, 4.69) is 35.9 Å². The molecule has 0 amide bonds. The van der Waals surface area contributed by atoms with E-state index in [1.165, 1.54) is 17.8 Å². The number of nitrogens with one attached hydrogen (secondary N) is 1. The summed E-state index contributed by atoms with van der Waals surface area (Å²) in [6, 6.07) is 1.42. The predicted octanol–water partition coefficient (Wildman–Crippen LogP) is 2.44. The van der Waals surface area contributed by atoms with Crippen molar-refractivity contribution in [1.29, 1.82) is 0 Å². The van der Waals surface area contributed by atoms with Crippen LogP contribution in [0.4, 0.5) is 0 Å². The lowest BCUT2D eigenvalue weighted by Crippen LogP contribution is -2.08. The summed E-state index contributed by atoms with van der Waals surface area (Å²) in [6.45, 7) is 1.75. The van der Waals surface area contributed by atoms with Crippen molar-refractivity contribution in [2.45, 2.75) is 17.1 Å². The van der Waals surface area contributed by atoms with Crippen LogP contribution in [-0.2, 0) is 0 Å². The first-order chi connectivity index (χ1) is 8.04. The van der Waals surface area contributed by atoms with Gasteiger partial charge < -0.3 is 4.98 Å². The van der Waals surface area contributed by atoms with Gasteiger partial charge in [0.2, 0.25) is 5.28 Å². The molecule has 0 radical (unpaired) electrons. The molecule has 0 unspecified atom stereocenters. The Morgan fingerprint density at radius 3 is 2.94 bits per heavy atom. The van der Waals surface area contributed by atoms with E-state index in [1.807, 2.05) is 0 Å². The van der Waals surface area contributed by atoms with Crippen LogP contribution in [0.15, 0.2) is 31.7 Å². The molecule has 0 fully saturated rings. The van der Waals surface area contributed by atoms with Gasteiger partial charge in [0.25, 0.3) is 5.56 Å². The number of hydrogen-bond donors (Lipinski definition) is 1. The van der Waals surface area contributed by atoms with Gasteiger partial charge in [-0.15, -0.1) is 0 Å². The summed E-state index contributed by atoms with van der Waals surface area (Å²) in [6.07, 6.45) is 1.55. The fourth-order valence-electron chi connectivity index (χ4n) is 1.09. The van der Waals surface area contributed by atoms with Crippen molar-refractivity contribution in [3.05, 3.63) is 38.1 Å². The zero-order valence-corrected chi connectivity index (χ0v) is 11.7. The third kappa shape index (κ3) is 3.27. The smallest absolute Gasteiger partial charge is 0.251 e. The fraction of sp³-hybridized carbons (Fsp3) is 0.111. The maximum Gasteiger partial charge on any atom is 0.251 e. The predicted molar refractivity (Wildman–Crippen MR) is 68.5 cm³/mol. The van der Waals surface area contributed by atoms with E-state index >= 15 is 0 Å². The Hall–Kier alpha value is -0.920. The number of nitrogens with zero attached hydrogens (tertiary/aromatic N) is 3. The molecule has 0 aliphatic carbocycles. The van der Waals surface area contributed by atoms with Crippen LogP contribution in [0.1, 0.15) is 5.69 Å². The average Bonchev–Trinajstić information content (AvgIpc) is 2.22. The molecule has 0 aromatic carbocycles. The maximum atomic E-state index is 11.3. The standard InChI is InChI=1S/C9H6BrClN4OS/c1-4-2-6(16)14-9(13-4)17-7-5(10)3-12-8(11)15-7/h2-3H,1H3,(H,13,14,16). The first-order valence-corrected chi connectivity index (χ1v) is 6.47. The SMILES string of the molecule is Cc1cc(=O)[nH]c(Sc2nc(Cl)ncc2Br)n1. The molecule has 0 spiro atoms. The topological polar surface area (TPSA) is 71.5 Å². The largest absolute Gasteiger partial charge is 0.301 e. The van der Waals surface area contributed by atoms with Gasteiger partial charge in [-0.25, -0.2) is 15.0 Å². The highest BCUT2D eigenvalue weighted by molar-refractivity contribution is 9.10. The van der Waals surface area contributed by atoms with Crippen LogP contribution in [0.2, 0.25) is 5.28 Å². The van der Waals surface area contributed by atoms with Crippen LogP contribution < -0.4 is 5.56 Å². The van der Waals surface area contributed by atoms with Crippen molar-refractivity contribution in [2.24, 2.45) is 0 Å². The first kappa shape index (κ1) is 12.5. The number of hydrogen-bond acceptors (Lipinski definition) is 5. The number of aryl methyl sites for hydroxylation is 1. The van der Waals surface area contributed by atoms with Gasteiger partial charge in [0.15, 0.2) is 5.16 Å². The minimum atomic E-state index is -0.198. The van der Waals surface area contributed by atoms with Crippen LogP contribution in [0, 0.1) is 6.92 Å². The van der Waals surface area contributed by atoms with E-state index in [9.17, 15) is 4.79 Å². The number of rotatable bonds is 2. The van der Waals surface area contributed by atoms with Crippen molar-refractivity contribution < 1.29 is 0 Å². The lowest BCUT2D eigenvalue weighted by molar-refractivity contribution is 0.899. The van der Waals surface area contributed by atoms with E-state index < -0.39 is 0 Å². The van der Waals surface area contributed by atoms with Crippen molar-refractivity contribution in [3.63, 3.8) is 0 Å². The molecule has 2 rings (SSSR count). The number of aromatic nitrogens is 4. The Balaban J connectivity index is 2.37. The molecule has 0 bridgehead atoms. The summed E-state index contributed by atoms with van der Waals surface area (Å²) in [5.74, 6) is 0. The van der Waals surface area contributed by atoms with Crippen molar-refractivity contribution in [1.82, 2.24) is 19.9 Å². The molecule has 88 valence electrons. The molecule has 0 saturated carbocycles. The summed E-state index contributed by atoms with van der Waals surface area (Å²) in [5.41, 5.74) is 0.448. The molecule has 2 heterocycles. The monoisotopic (exact) mass is 332 g/mol. The second kappa shape index (κ2) is 5.16. The molecule has 1 N–H and O–H groups in total. The van der Waals surface area contributed by atoms with E-state index in [1.54, 1.807) is 13.1 Å². The van der Waals surface area contributed by atoms with E-state index in [0.717, 1.165) is 0 Å². The average molecular weight is 334 g/mol. The Bertz CT molecular complexity index is 618. The molecule has 0 atom stereocenters. The zero-order chi connectivity index (χ0) is 12.4. The Morgan fingerprint density at radius 2 is 2.24 bits per heavy atom.